The van der Waals surface area contributed by atoms with Crippen LogP contribution in [0, 0.1) is 20.8 Å². The molecule has 6 heteroatoms. The van der Waals surface area contributed by atoms with Crippen LogP contribution in [-0.4, -0.2) is 13.4 Å². The molecule has 133 heavy (non-hydrogen) atoms. The summed E-state index contributed by atoms with van der Waals surface area (Å²) in [6, 6.07) is 129. The average molecular weight is 1730 g/mol. The summed E-state index contributed by atoms with van der Waals surface area (Å²) in [5.41, 5.74) is 51.1. The van der Waals surface area contributed by atoms with E-state index in [9.17, 15) is 0 Å². The van der Waals surface area contributed by atoms with Gasteiger partial charge in [-0.05, 0) is 296 Å². The smallest absolute Gasteiger partial charge is 0.252 e. The SMILES string of the molecule is Cc1cccc(N2c3cc(C)ccc3B3c4cc5c(cc4N(c4ccc(C(C)(C)C)cc4-c4ccccc4)c4cc(C(C)(C)Cc6ccc(-c7ccc8c(c7)B7c9cc%10c(cc9N(c9ccc(C(C)(C)C)cc9-c9ccccc9)c9cc(C)cc(c97)N8c7ccc(C(C)(C)C)cc7-c7ccccc7)C(C)(C)c7ccccc7C%10(C)C)cc6)cc2c43)C(C)(C)c2ccccc2C5(C)C)c1. The quantitative estimate of drug-likeness (QED) is 0.120. The van der Waals surface area contributed by atoms with Gasteiger partial charge >= 0.3 is 0 Å². The Hall–Kier alpha value is -13.2. The zero-order valence-corrected chi connectivity index (χ0v) is 81.8. The lowest BCUT2D eigenvalue weighted by molar-refractivity contribution is 0.521. The van der Waals surface area contributed by atoms with E-state index in [0.717, 1.165) is 17.8 Å². The Bertz CT molecular complexity index is 7490. The fourth-order valence-corrected chi connectivity index (χ4v) is 24.1. The number of rotatable bonds is 11. The van der Waals surface area contributed by atoms with Crippen molar-refractivity contribution in [3.05, 3.63) is 417 Å². The summed E-state index contributed by atoms with van der Waals surface area (Å²) in [7, 11) is 0. The zero-order chi connectivity index (χ0) is 92.6. The van der Waals surface area contributed by atoms with E-state index in [-0.39, 0.29) is 51.3 Å². The lowest BCUT2D eigenvalue weighted by Crippen LogP contribution is -2.62. The molecule has 22 rings (SSSR count). The maximum absolute atomic E-state index is 2.73. The van der Waals surface area contributed by atoms with Crippen LogP contribution < -0.4 is 52.4 Å². The molecule has 16 aromatic rings. The lowest BCUT2D eigenvalue weighted by atomic mass is 9.33. The number of anilines is 12. The number of fused-ring (bicyclic) bond motifs is 12. The molecule has 0 bridgehead atoms. The van der Waals surface area contributed by atoms with Gasteiger partial charge < -0.3 is 19.6 Å². The first-order valence-electron chi connectivity index (χ1n) is 48.5. The van der Waals surface area contributed by atoms with Gasteiger partial charge in [0.2, 0.25) is 0 Å². The molecule has 4 aliphatic heterocycles. The highest BCUT2D eigenvalue weighted by molar-refractivity contribution is 7.01. The summed E-state index contributed by atoms with van der Waals surface area (Å²) < 4.78 is 0. The number of nitrogens with zero attached hydrogens (tertiary/aromatic N) is 4. The number of hydrogen-bond acceptors (Lipinski definition) is 4. The van der Waals surface area contributed by atoms with E-state index in [0.29, 0.717) is 0 Å². The van der Waals surface area contributed by atoms with E-state index in [2.05, 4.69) is 500 Å². The second-order valence-electron chi connectivity index (χ2n) is 45.3. The minimum absolute atomic E-state index is 0.0948. The van der Waals surface area contributed by atoms with Crippen molar-refractivity contribution in [2.75, 3.05) is 19.6 Å². The Morgan fingerprint density at radius 3 is 0.992 bits per heavy atom. The summed E-state index contributed by atoms with van der Waals surface area (Å²) in [6.45, 7) is 52.5. The van der Waals surface area contributed by atoms with Crippen molar-refractivity contribution in [3.63, 3.8) is 0 Å². The van der Waals surface area contributed by atoms with Gasteiger partial charge in [0.1, 0.15) is 0 Å². The molecule has 0 saturated carbocycles. The van der Waals surface area contributed by atoms with Crippen LogP contribution in [0.1, 0.15) is 221 Å². The van der Waals surface area contributed by atoms with Crippen molar-refractivity contribution in [1.82, 2.24) is 0 Å². The summed E-state index contributed by atoms with van der Waals surface area (Å²) in [5.74, 6) is 0. The first kappa shape index (κ1) is 85.3. The van der Waals surface area contributed by atoms with Gasteiger partial charge in [-0.1, -0.05) is 362 Å². The maximum Gasteiger partial charge on any atom is 0.252 e. The molecule has 0 unspecified atom stereocenters. The highest BCUT2D eigenvalue weighted by atomic mass is 15.2. The van der Waals surface area contributed by atoms with Gasteiger partial charge in [0, 0.05) is 89.5 Å². The molecular formula is C127H122B2N4. The number of benzene rings is 16. The molecule has 0 fully saturated rings. The Labute approximate surface area is 791 Å². The standard InChI is InChI=1S/C127H122B2N4/c1-78-37-36-44-91(63-78)130-111-64-79(2)49-58-103(111)128-105-73-99-101(126(19,20)97-47-34-32-45-95(97)124(99,15)16)75-112(105)133(109-62-57-89(122(10,11)12)70-94(109)85-42-30-25-31-43-85)117-72-90(71-116(130)119(117)128)123(13,14)77-81-50-52-82(53-51-81)86-54-59-110-104(67-86)129-106-74-100-102(127(21,22)98-48-35-33-46-96(98)125(100,17)18)76-113(106)132(108-61-56-88(121(7,8)9)69-93(108)84-40-28-24-29-41-84)115-66-80(3)65-114(118(115)129)131(110)107-60-55-87(120(4,5)6)68-92(107)83-38-26-23-27-39-83/h23-76H,77H2,1-22H3. The highest BCUT2D eigenvalue weighted by Crippen LogP contribution is 2.59. The first-order chi connectivity index (χ1) is 63.3. The van der Waals surface area contributed by atoms with Crippen LogP contribution in [0.4, 0.5) is 68.2 Å². The van der Waals surface area contributed by atoms with Crippen LogP contribution in [0.5, 0.6) is 0 Å². The van der Waals surface area contributed by atoms with Crippen molar-refractivity contribution in [2.24, 2.45) is 0 Å². The largest absolute Gasteiger partial charge is 0.311 e. The van der Waals surface area contributed by atoms with E-state index in [1.54, 1.807) is 0 Å². The molecule has 6 aliphatic rings. The molecule has 4 heterocycles. The predicted octanol–water partition coefficient (Wildman–Crippen LogP) is 29.8. The molecule has 0 saturated heterocycles. The fourth-order valence-electron chi connectivity index (χ4n) is 24.1. The summed E-state index contributed by atoms with van der Waals surface area (Å²) >= 11 is 0. The Morgan fingerprint density at radius 2 is 0.571 bits per heavy atom. The maximum atomic E-state index is 2.73. The number of aryl methyl sites for hydroxylation is 3. The molecular weight excluding hydrogens is 1600 g/mol. The van der Waals surface area contributed by atoms with Gasteiger partial charge in [-0.3, -0.25) is 0 Å². The first-order valence-corrected chi connectivity index (χ1v) is 48.5. The van der Waals surface area contributed by atoms with Crippen molar-refractivity contribution in [2.45, 2.75) is 202 Å². The van der Waals surface area contributed by atoms with Crippen LogP contribution in [-0.2, 0) is 49.7 Å². The Kier molecular flexibility index (Phi) is 19.4. The molecule has 0 amide bonds. The van der Waals surface area contributed by atoms with Crippen molar-refractivity contribution < 1.29 is 0 Å². The van der Waals surface area contributed by atoms with Crippen LogP contribution in [0.15, 0.2) is 328 Å². The van der Waals surface area contributed by atoms with Crippen LogP contribution >= 0.6 is 0 Å². The molecule has 0 aromatic heterocycles. The third kappa shape index (κ3) is 13.5. The minimum atomic E-state index is -0.407. The van der Waals surface area contributed by atoms with Crippen LogP contribution in [0.2, 0.25) is 0 Å². The van der Waals surface area contributed by atoms with Gasteiger partial charge in [-0.2, -0.15) is 0 Å². The van der Waals surface area contributed by atoms with Gasteiger partial charge in [-0.25, -0.2) is 0 Å². The minimum Gasteiger partial charge on any atom is -0.311 e. The van der Waals surface area contributed by atoms with Crippen molar-refractivity contribution in [3.8, 4) is 44.5 Å². The molecule has 0 spiro atoms. The van der Waals surface area contributed by atoms with Gasteiger partial charge in [-0.15, -0.1) is 0 Å². The monoisotopic (exact) mass is 1720 g/mol. The van der Waals surface area contributed by atoms with E-state index in [4.69, 9.17) is 0 Å². The van der Waals surface area contributed by atoms with Crippen molar-refractivity contribution in [1.29, 1.82) is 0 Å². The van der Waals surface area contributed by atoms with Crippen molar-refractivity contribution >= 4 is 114 Å². The lowest BCUT2D eigenvalue weighted by Gasteiger charge is -2.48. The summed E-state index contributed by atoms with van der Waals surface area (Å²) in [4.78, 5) is 10.7. The highest BCUT2D eigenvalue weighted by Gasteiger charge is 2.52. The summed E-state index contributed by atoms with van der Waals surface area (Å²) in [6.07, 6.45) is 0.787. The van der Waals surface area contributed by atoms with E-state index < -0.39 is 5.41 Å². The topological polar surface area (TPSA) is 13.0 Å². The van der Waals surface area contributed by atoms with E-state index >= 15 is 0 Å². The normalized spacial score (nSPS) is 15.5. The third-order valence-corrected chi connectivity index (χ3v) is 31.5. The molecule has 0 N–H and O–H groups in total. The zero-order valence-electron chi connectivity index (χ0n) is 81.8. The third-order valence-electron chi connectivity index (χ3n) is 31.5. The average Bonchev–Trinajstić information content (AvgIpc) is 0.683. The fraction of sp³-hybridized carbons (Fsp3) is 0.244. The second kappa shape index (κ2) is 30.2. The molecule has 0 radical (unpaired) electrons. The predicted molar refractivity (Wildman–Crippen MR) is 571 cm³/mol. The van der Waals surface area contributed by atoms with Gasteiger partial charge in [0.25, 0.3) is 13.4 Å². The Balaban J connectivity index is 0.742. The molecule has 656 valence electrons. The van der Waals surface area contributed by atoms with Gasteiger partial charge in [0.15, 0.2) is 0 Å². The van der Waals surface area contributed by atoms with E-state index in [1.807, 2.05) is 0 Å². The van der Waals surface area contributed by atoms with Crippen LogP contribution in [0.3, 0.4) is 0 Å². The van der Waals surface area contributed by atoms with Crippen LogP contribution in [0.25, 0.3) is 44.5 Å². The molecule has 4 nitrogen and oxygen atoms in total. The Morgan fingerprint density at radius 1 is 0.226 bits per heavy atom. The van der Waals surface area contributed by atoms with E-state index in [1.165, 1.54) is 223 Å². The summed E-state index contributed by atoms with van der Waals surface area (Å²) in [5, 5.41) is 0. The molecule has 2 aliphatic carbocycles. The number of hydrogen-bond donors (Lipinski definition) is 0. The molecule has 0 atom stereocenters. The second-order valence-corrected chi connectivity index (χ2v) is 45.3. The van der Waals surface area contributed by atoms with Gasteiger partial charge in [0.05, 0.1) is 17.1 Å². The molecule has 16 aromatic carbocycles.